The van der Waals surface area contributed by atoms with E-state index in [1.165, 1.54) is 11.3 Å². The molecule has 1 aliphatic rings. The molecule has 1 fully saturated rings. The van der Waals surface area contributed by atoms with Gasteiger partial charge in [0.1, 0.15) is 11.0 Å². The Kier molecular flexibility index (Phi) is 18.9. The van der Waals surface area contributed by atoms with Crippen LogP contribution in [0.2, 0.25) is 0 Å². The van der Waals surface area contributed by atoms with E-state index in [4.69, 9.17) is 9.47 Å². The molecule has 0 spiro atoms. The van der Waals surface area contributed by atoms with Gasteiger partial charge in [0, 0.05) is 39.4 Å². The number of amides is 4. The molecular weight excluding hydrogens is 729 g/mol. The first-order valence-electron chi connectivity index (χ1n) is 20.4. The lowest BCUT2D eigenvalue weighted by Crippen LogP contribution is -2.59. The van der Waals surface area contributed by atoms with Crippen molar-refractivity contribution in [2.24, 2.45) is 23.7 Å². The summed E-state index contributed by atoms with van der Waals surface area (Å²) in [6.07, 6.45) is 4.32. The zero-order valence-electron chi connectivity index (χ0n) is 36.0. The first kappa shape index (κ1) is 47.0. The van der Waals surface area contributed by atoms with Gasteiger partial charge in [-0.2, -0.15) is 0 Å². The van der Waals surface area contributed by atoms with E-state index < -0.39 is 30.2 Å². The van der Waals surface area contributed by atoms with Crippen molar-refractivity contribution in [1.29, 1.82) is 0 Å². The van der Waals surface area contributed by atoms with Crippen LogP contribution in [0.1, 0.15) is 97.2 Å². The molecule has 4 amide bonds. The third-order valence-corrected chi connectivity index (χ3v) is 12.7. The van der Waals surface area contributed by atoms with Gasteiger partial charge in [-0.3, -0.25) is 24.1 Å². The lowest BCUT2D eigenvalue weighted by atomic mass is 9.89. The van der Waals surface area contributed by atoms with Crippen LogP contribution in [0.4, 0.5) is 0 Å². The lowest BCUT2D eigenvalue weighted by molar-refractivity contribution is -0.148. The van der Waals surface area contributed by atoms with Gasteiger partial charge in [0.15, 0.2) is 0 Å². The third-order valence-electron chi connectivity index (χ3n) is 11.8. The fourth-order valence-electron chi connectivity index (χ4n) is 8.26. The molecule has 13 heteroatoms. The Morgan fingerprint density at radius 3 is 2.12 bits per heavy atom. The number of nitrogens with zero attached hydrogens (tertiary/aromatic N) is 4. The van der Waals surface area contributed by atoms with E-state index in [2.05, 4.69) is 36.4 Å². The van der Waals surface area contributed by atoms with Crippen molar-refractivity contribution in [2.75, 3.05) is 41.9 Å². The number of carbonyl (C=O) groups is 4. The molecule has 0 radical (unpaired) electrons. The second kappa shape index (κ2) is 22.5. The number of benzene rings is 1. The van der Waals surface area contributed by atoms with Gasteiger partial charge < -0.3 is 29.9 Å². The van der Waals surface area contributed by atoms with Crippen LogP contribution in [-0.4, -0.2) is 122 Å². The average molecular weight is 799 g/mol. The van der Waals surface area contributed by atoms with Crippen molar-refractivity contribution in [3.05, 3.63) is 52.5 Å². The average Bonchev–Trinajstić information content (AvgIpc) is 3.90. The van der Waals surface area contributed by atoms with Crippen LogP contribution in [0.25, 0.3) is 0 Å². The van der Waals surface area contributed by atoms with Crippen LogP contribution in [0.3, 0.4) is 0 Å². The van der Waals surface area contributed by atoms with Crippen molar-refractivity contribution >= 4 is 35.0 Å². The normalized spacial score (nSPS) is 19.4. The second-order valence-corrected chi connectivity index (χ2v) is 17.2. The summed E-state index contributed by atoms with van der Waals surface area (Å²) < 4.78 is 12.1. The molecule has 314 valence electrons. The van der Waals surface area contributed by atoms with Gasteiger partial charge in [0.25, 0.3) is 0 Å². The van der Waals surface area contributed by atoms with Gasteiger partial charge in [-0.1, -0.05) is 91.6 Å². The van der Waals surface area contributed by atoms with E-state index in [0.717, 1.165) is 29.8 Å². The number of hydrogen-bond acceptors (Lipinski definition) is 9. The highest BCUT2D eigenvalue weighted by Gasteiger charge is 2.43. The number of aromatic nitrogens is 1. The van der Waals surface area contributed by atoms with E-state index >= 15 is 0 Å². The molecule has 1 aromatic heterocycles. The number of ether oxygens (including phenoxy) is 2. The van der Waals surface area contributed by atoms with Crippen molar-refractivity contribution in [1.82, 2.24) is 30.3 Å². The van der Waals surface area contributed by atoms with Gasteiger partial charge >= 0.3 is 0 Å². The predicted molar refractivity (Wildman–Crippen MR) is 223 cm³/mol. The number of thiazole rings is 1. The molecule has 1 aromatic carbocycles. The maximum absolute atomic E-state index is 14.3. The van der Waals surface area contributed by atoms with Crippen molar-refractivity contribution in [3.8, 4) is 0 Å². The van der Waals surface area contributed by atoms with Gasteiger partial charge in [-0.25, -0.2) is 4.98 Å². The van der Waals surface area contributed by atoms with Gasteiger partial charge in [0.05, 0.1) is 48.7 Å². The molecule has 10 atom stereocenters. The molecule has 2 N–H and O–H groups in total. The fourth-order valence-corrected chi connectivity index (χ4v) is 8.95. The minimum atomic E-state index is -0.750. The fraction of sp³-hybridized carbons (Fsp3) is 0.698. The standard InChI is InChI=1S/C43H70N6O6S/c1-13-28(5)37(48(10)43(53)36(27(3)4)46-41(52)38(47(8)9)29(6)14-2)34(54-11)26-35(50)49-23-18-21-33(49)39(55-12)30(7)40(51)45-32(42-44-22-24-56-42)25-31-19-16-15-17-20-31/h15-17,19-20,22,24,27-30,32-34,36-39H,13-14,18,21,23,25-26H2,1-12H3,(H,45,51)(H,46,52). The number of nitrogens with one attached hydrogen (secondary N) is 2. The van der Waals surface area contributed by atoms with E-state index in [0.29, 0.717) is 19.4 Å². The highest BCUT2D eigenvalue weighted by Crippen LogP contribution is 2.30. The van der Waals surface area contributed by atoms with Crippen LogP contribution in [0.5, 0.6) is 0 Å². The Bertz CT molecular complexity index is 1510. The Labute approximate surface area is 340 Å². The maximum Gasteiger partial charge on any atom is 0.245 e. The van der Waals surface area contributed by atoms with Gasteiger partial charge in [0.2, 0.25) is 23.6 Å². The summed E-state index contributed by atoms with van der Waals surface area (Å²) in [4.78, 5) is 66.1. The molecule has 56 heavy (non-hydrogen) atoms. The SMILES string of the molecule is CCC(C)C(C(=O)NC(C(=O)N(C)C(C(C)CC)C(CC(=O)N1CCCC1C(OC)C(C)C(=O)NC(Cc1ccccc1)c1nccs1)OC)C(C)C)N(C)C. The summed E-state index contributed by atoms with van der Waals surface area (Å²) in [5.74, 6) is -1.28. The minimum Gasteiger partial charge on any atom is -0.379 e. The van der Waals surface area contributed by atoms with E-state index in [-0.39, 0.29) is 65.9 Å². The van der Waals surface area contributed by atoms with Gasteiger partial charge in [-0.05, 0) is 56.7 Å². The Morgan fingerprint density at radius 2 is 1.59 bits per heavy atom. The molecule has 2 aromatic rings. The number of methoxy groups -OCH3 is 2. The zero-order chi connectivity index (χ0) is 41.7. The molecular formula is C43H70N6O6S. The number of likely N-dealkylation sites (N-methyl/N-ethyl adjacent to an activating group) is 2. The summed E-state index contributed by atoms with van der Waals surface area (Å²) in [5, 5.41) is 9.06. The Balaban J connectivity index is 1.79. The summed E-state index contributed by atoms with van der Waals surface area (Å²) >= 11 is 1.51. The molecule has 2 heterocycles. The smallest absolute Gasteiger partial charge is 0.245 e. The molecule has 10 unspecified atom stereocenters. The molecule has 3 rings (SSSR count). The monoisotopic (exact) mass is 799 g/mol. The van der Waals surface area contributed by atoms with Crippen molar-refractivity contribution in [2.45, 2.75) is 129 Å². The van der Waals surface area contributed by atoms with Crippen LogP contribution >= 0.6 is 11.3 Å². The van der Waals surface area contributed by atoms with E-state index in [9.17, 15) is 19.2 Å². The molecule has 0 bridgehead atoms. The number of hydrogen-bond donors (Lipinski definition) is 2. The Morgan fingerprint density at radius 1 is 0.929 bits per heavy atom. The van der Waals surface area contributed by atoms with Crippen LogP contribution < -0.4 is 10.6 Å². The number of rotatable bonds is 22. The topological polar surface area (TPSA) is 133 Å². The third kappa shape index (κ3) is 12.1. The highest BCUT2D eigenvalue weighted by molar-refractivity contribution is 7.09. The molecule has 1 aliphatic heterocycles. The largest absolute Gasteiger partial charge is 0.379 e. The highest BCUT2D eigenvalue weighted by atomic mass is 32.1. The Hall–Kier alpha value is -3.39. The summed E-state index contributed by atoms with van der Waals surface area (Å²) in [6, 6.07) is 7.85. The summed E-state index contributed by atoms with van der Waals surface area (Å²) in [7, 11) is 8.71. The minimum absolute atomic E-state index is 0.00802. The predicted octanol–water partition coefficient (Wildman–Crippen LogP) is 5.58. The quantitative estimate of drug-likeness (QED) is 0.158. The molecule has 1 saturated heterocycles. The maximum atomic E-state index is 14.3. The van der Waals surface area contributed by atoms with Gasteiger partial charge in [-0.15, -0.1) is 11.3 Å². The second-order valence-electron chi connectivity index (χ2n) is 16.2. The van der Waals surface area contributed by atoms with Crippen LogP contribution in [0, 0.1) is 23.7 Å². The van der Waals surface area contributed by atoms with E-state index in [1.807, 2.05) is 87.3 Å². The molecule has 12 nitrogen and oxygen atoms in total. The lowest BCUT2D eigenvalue weighted by Gasteiger charge is -2.41. The summed E-state index contributed by atoms with van der Waals surface area (Å²) in [5.41, 5.74) is 1.09. The van der Waals surface area contributed by atoms with Crippen molar-refractivity contribution in [3.63, 3.8) is 0 Å². The first-order chi connectivity index (χ1) is 26.6. The number of likely N-dealkylation sites (tertiary alicyclic amines) is 1. The zero-order valence-corrected chi connectivity index (χ0v) is 36.8. The van der Waals surface area contributed by atoms with E-state index in [1.54, 1.807) is 32.4 Å². The van der Waals surface area contributed by atoms with Crippen LogP contribution in [-0.2, 0) is 35.1 Å². The van der Waals surface area contributed by atoms with Crippen molar-refractivity contribution < 1.29 is 28.7 Å². The van der Waals surface area contributed by atoms with Crippen LogP contribution in [0.15, 0.2) is 41.9 Å². The molecule has 0 saturated carbocycles. The number of carbonyl (C=O) groups excluding carboxylic acids is 4. The molecule has 0 aliphatic carbocycles. The first-order valence-corrected chi connectivity index (χ1v) is 21.3. The summed E-state index contributed by atoms with van der Waals surface area (Å²) in [6.45, 7) is 14.5.